The molecule has 30 heavy (non-hydrogen) atoms. The number of ketones is 1. The molecule has 0 aliphatic carbocycles. The Hall–Kier alpha value is -3.58. The highest BCUT2D eigenvalue weighted by Crippen LogP contribution is 2.35. The van der Waals surface area contributed by atoms with Crippen molar-refractivity contribution >= 4 is 38.9 Å². The summed E-state index contributed by atoms with van der Waals surface area (Å²) in [5, 5.41) is 3.24. The summed E-state index contributed by atoms with van der Waals surface area (Å²) in [6, 6.07) is 16.5. The first-order chi connectivity index (χ1) is 14.5. The van der Waals surface area contributed by atoms with E-state index in [-0.39, 0.29) is 17.9 Å². The average molecular weight is 417 g/mol. The van der Waals surface area contributed by atoms with Crippen molar-refractivity contribution in [3.63, 3.8) is 0 Å². The van der Waals surface area contributed by atoms with E-state index in [1.807, 2.05) is 37.3 Å². The fraction of sp³-hybridized carbons (Fsp3) is 0.130. The molecule has 0 fully saturated rings. The fourth-order valence-electron chi connectivity index (χ4n) is 3.45. The van der Waals surface area contributed by atoms with Crippen molar-refractivity contribution < 1.29 is 9.59 Å². The number of anilines is 1. The van der Waals surface area contributed by atoms with Crippen molar-refractivity contribution in [1.29, 1.82) is 0 Å². The van der Waals surface area contributed by atoms with Gasteiger partial charge in [0.05, 0.1) is 17.4 Å². The first-order valence-corrected chi connectivity index (χ1v) is 10.2. The molecule has 4 rings (SSSR count). The van der Waals surface area contributed by atoms with Gasteiger partial charge >= 0.3 is 0 Å². The van der Waals surface area contributed by atoms with Crippen molar-refractivity contribution in [2.45, 2.75) is 20.4 Å². The number of hydrogen-bond acceptors (Lipinski definition) is 5. The summed E-state index contributed by atoms with van der Waals surface area (Å²) < 4.78 is 1.30. The van der Waals surface area contributed by atoms with Crippen LogP contribution in [0, 0.1) is 6.92 Å². The number of benzene rings is 2. The molecule has 1 amide bonds. The molecule has 4 aromatic rings. The van der Waals surface area contributed by atoms with Gasteiger partial charge in [0.1, 0.15) is 11.4 Å². The molecule has 0 aliphatic rings. The minimum atomic E-state index is -0.403. The van der Waals surface area contributed by atoms with Crippen molar-refractivity contribution in [2.24, 2.45) is 0 Å². The standard InChI is InChI=1S/C23H19N3O3S/c1-14(27)17-10-6-7-11-18(17)25-19(28)12-26-13-24-22-21(23(26)29)20(15(2)30-22)16-8-4-3-5-9-16/h3-11,13H,12H2,1-2H3,(H,25,28). The van der Waals surface area contributed by atoms with Gasteiger partial charge < -0.3 is 5.32 Å². The number of aromatic nitrogens is 2. The zero-order valence-electron chi connectivity index (χ0n) is 16.5. The second-order valence-corrected chi connectivity index (χ2v) is 8.11. The van der Waals surface area contributed by atoms with Crippen LogP contribution in [0.3, 0.4) is 0 Å². The van der Waals surface area contributed by atoms with Crippen LogP contribution in [0.2, 0.25) is 0 Å². The lowest BCUT2D eigenvalue weighted by molar-refractivity contribution is -0.116. The molecule has 2 aromatic heterocycles. The van der Waals surface area contributed by atoms with Gasteiger partial charge in [-0.15, -0.1) is 11.3 Å². The van der Waals surface area contributed by atoms with Crippen LogP contribution in [0.1, 0.15) is 22.2 Å². The van der Waals surface area contributed by atoms with E-state index in [2.05, 4.69) is 10.3 Å². The van der Waals surface area contributed by atoms with Crippen molar-refractivity contribution in [3.8, 4) is 11.1 Å². The molecule has 0 bridgehead atoms. The number of thiophene rings is 1. The molecule has 2 heterocycles. The number of carbonyl (C=O) groups is 2. The monoisotopic (exact) mass is 417 g/mol. The predicted octanol–water partition coefficient (Wildman–Crippen LogP) is 4.27. The first kappa shape index (κ1) is 19.7. The number of amides is 1. The lowest BCUT2D eigenvalue weighted by Crippen LogP contribution is -2.28. The summed E-state index contributed by atoms with van der Waals surface area (Å²) in [7, 11) is 0. The van der Waals surface area contributed by atoms with E-state index in [9.17, 15) is 14.4 Å². The Morgan fingerprint density at radius 1 is 1.07 bits per heavy atom. The van der Waals surface area contributed by atoms with Crippen LogP contribution in [0.25, 0.3) is 21.3 Å². The minimum Gasteiger partial charge on any atom is -0.324 e. The number of fused-ring (bicyclic) bond motifs is 1. The summed E-state index contributed by atoms with van der Waals surface area (Å²) in [5.41, 5.74) is 2.38. The Kier molecular flexibility index (Phi) is 5.29. The van der Waals surface area contributed by atoms with E-state index in [4.69, 9.17) is 0 Å². The van der Waals surface area contributed by atoms with Crippen molar-refractivity contribution in [3.05, 3.63) is 81.7 Å². The highest BCUT2D eigenvalue weighted by Gasteiger charge is 2.18. The maximum Gasteiger partial charge on any atom is 0.263 e. The third kappa shape index (κ3) is 3.67. The molecule has 0 radical (unpaired) electrons. The SMILES string of the molecule is CC(=O)c1ccccc1NC(=O)Cn1cnc2sc(C)c(-c3ccccc3)c2c1=O. The number of Topliss-reactive ketones (excluding diaryl/α,β-unsaturated/α-hetero) is 1. The van der Waals surface area contributed by atoms with E-state index >= 15 is 0 Å². The lowest BCUT2D eigenvalue weighted by atomic mass is 10.0. The topological polar surface area (TPSA) is 81.1 Å². The molecular weight excluding hydrogens is 398 g/mol. The number of nitrogens with zero attached hydrogens (tertiary/aromatic N) is 2. The Balaban J connectivity index is 1.69. The Morgan fingerprint density at radius 2 is 1.77 bits per heavy atom. The summed E-state index contributed by atoms with van der Waals surface area (Å²) in [6.07, 6.45) is 1.39. The van der Waals surface area contributed by atoms with E-state index < -0.39 is 5.91 Å². The smallest absolute Gasteiger partial charge is 0.263 e. The number of carbonyl (C=O) groups excluding carboxylic acids is 2. The van der Waals surface area contributed by atoms with Gasteiger partial charge in [0.25, 0.3) is 5.56 Å². The Bertz CT molecular complexity index is 1320. The van der Waals surface area contributed by atoms with Crippen molar-refractivity contribution in [2.75, 3.05) is 5.32 Å². The van der Waals surface area contributed by atoms with Gasteiger partial charge in [0, 0.05) is 16.0 Å². The molecule has 0 spiro atoms. The average Bonchev–Trinajstić information content (AvgIpc) is 3.07. The van der Waals surface area contributed by atoms with Crippen LogP contribution in [0.15, 0.2) is 65.7 Å². The summed E-state index contributed by atoms with van der Waals surface area (Å²) in [5.74, 6) is -0.549. The quantitative estimate of drug-likeness (QED) is 0.492. The van der Waals surface area contributed by atoms with E-state index in [1.54, 1.807) is 24.3 Å². The molecule has 0 saturated heterocycles. The maximum atomic E-state index is 13.2. The van der Waals surface area contributed by atoms with Crippen LogP contribution in [-0.2, 0) is 11.3 Å². The lowest BCUT2D eigenvalue weighted by Gasteiger charge is -2.10. The summed E-state index contributed by atoms with van der Waals surface area (Å²) >= 11 is 1.46. The minimum absolute atomic E-state index is 0.146. The Labute approximate surface area is 176 Å². The van der Waals surface area contributed by atoms with Gasteiger partial charge in [-0.2, -0.15) is 0 Å². The normalized spacial score (nSPS) is 10.9. The molecule has 1 N–H and O–H groups in total. The zero-order valence-corrected chi connectivity index (χ0v) is 17.3. The molecule has 2 aromatic carbocycles. The van der Waals surface area contributed by atoms with Gasteiger partial charge in [0.15, 0.2) is 5.78 Å². The van der Waals surface area contributed by atoms with Gasteiger partial charge in [-0.05, 0) is 31.5 Å². The second kappa shape index (κ2) is 8.04. The molecule has 6 nitrogen and oxygen atoms in total. The molecule has 0 atom stereocenters. The maximum absolute atomic E-state index is 13.2. The third-order valence-corrected chi connectivity index (χ3v) is 5.82. The molecule has 150 valence electrons. The molecule has 0 aliphatic heterocycles. The Morgan fingerprint density at radius 3 is 2.50 bits per heavy atom. The number of para-hydroxylation sites is 1. The van der Waals surface area contributed by atoms with E-state index in [1.165, 1.54) is 29.2 Å². The first-order valence-electron chi connectivity index (χ1n) is 9.39. The third-order valence-electron chi connectivity index (χ3n) is 4.81. The van der Waals surface area contributed by atoms with Gasteiger partial charge in [-0.25, -0.2) is 4.98 Å². The zero-order chi connectivity index (χ0) is 21.3. The number of nitrogens with one attached hydrogen (secondary N) is 1. The predicted molar refractivity (Wildman–Crippen MR) is 119 cm³/mol. The molecule has 0 unspecified atom stereocenters. The van der Waals surface area contributed by atoms with Crippen LogP contribution in [0.5, 0.6) is 0 Å². The highest BCUT2D eigenvalue weighted by atomic mass is 32.1. The highest BCUT2D eigenvalue weighted by molar-refractivity contribution is 7.19. The van der Waals surface area contributed by atoms with Crippen molar-refractivity contribution in [1.82, 2.24) is 9.55 Å². The van der Waals surface area contributed by atoms with Crippen LogP contribution in [0.4, 0.5) is 5.69 Å². The van der Waals surface area contributed by atoms with E-state index in [0.29, 0.717) is 21.5 Å². The number of aryl methyl sites for hydroxylation is 1. The fourth-order valence-corrected chi connectivity index (χ4v) is 4.45. The summed E-state index contributed by atoms with van der Waals surface area (Å²) in [4.78, 5) is 43.6. The molecular formula is C23H19N3O3S. The summed E-state index contributed by atoms with van der Waals surface area (Å²) in [6.45, 7) is 3.21. The largest absolute Gasteiger partial charge is 0.324 e. The van der Waals surface area contributed by atoms with Crippen LogP contribution < -0.4 is 10.9 Å². The molecule has 7 heteroatoms. The molecule has 0 saturated carbocycles. The van der Waals surface area contributed by atoms with Crippen LogP contribution >= 0.6 is 11.3 Å². The number of rotatable bonds is 5. The van der Waals surface area contributed by atoms with Gasteiger partial charge in [-0.1, -0.05) is 42.5 Å². The van der Waals surface area contributed by atoms with Gasteiger partial charge in [0.2, 0.25) is 5.91 Å². The van der Waals surface area contributed by atoms with Crippen LogP contribution in [-0.4, -0.2) is 21.2 Å². The second-order valence-electron chi connectivity index (χ2n) is 6.91. The number of hydrogen-bond donors (Lipinski definition) is 1. The van der Waals surface area contributed by atoms with Gasteiger partial charge in [-0.3, -0.25) is 19.0 Å². The van der Waals surface area contributed by atoms with E-state index in [0.717, 1.165) is 16.0 Å².